The molecule has 1 atom stereocenters. The van der Waals surface area contributed by atoms with Crippen LogP contribution in [0, 0.1) is 0 Å². The van der Waals surface area contributed by atoms with Gasteiger partial charge in [0.1, 0.15) is 5.75 Å². The molecular weight excluding hydrogens is 342 g/mol. The number of para-hydroxylation sites is 1. The number of benzene rings is 2. The Labute approximate surface area is 151 Å². The zero-order chi connectivity index (χ0) is 17.8. The van der Waals surface area contributed by atoms with Crippen LogP contribution in [0.3, 0.4) is 0 Å². The van der Waals surface area contributed by atoms with Gasteiger partial charge in [0.25, 0.3) is 5.91 Å². The molecule has 1 aliphatic rings. The van der Waals surface area contributed by atoms with Gasteiger partial charge in [0.05, 0.1) is 23.8 Å². The average Bonchev–Trinajstić information content (AvgIpc) is 2.61. The molecule has 0 unspecified atom stereocenters. The van der Waals surface area contributed by atoms with Crippen molar-refractivity contribution in [1.29, 1.82) is 0 Å². The van der Waals surface area contributed by atoms with Crippen LogP contribution >= 0.6 is 11.6 Å². The minimum absolute atomic E-state index is 0.188. The Kier molecular flexibility index (Phi) is 5.34. The van der Waals surface area contributed by atoms with Crippen LogP contribution in [0.25, 0.3) is 0 Å². The third-order valence-electron chi connectivity index (χ3n) is 3.72. The van der Waals surface area contributed by atoms with E-state index in [2.05, 4.69) is 5.32 Å². The largest absolute Gasteiger partial charge is 0.490 e. The number of rotatable bonds is 6. The molecule has 2 aromatic rings. The fourth-order valence-corrected chi connectivity index (χ4v) is 2.88. The molecule has 0 fully saturated rings. The van der Waals surface area contributed by atoms with Gasteiger partial charge < -0.3 is 19.5 Å². The number of carbonyl (C=O) groups is 1. The predicted molar refractivity (Wildman–Crippen MR) is 95.7 cm³/mol. The number of halogens is 1. The van der Waals surface area contributed by atoms with Gasteiger partial charge in [-0.05, 0) is 37.6 Å². The molecule has 0 bridgehead atoms. The molecule has 1 N–H and O–H groups in total. The van der Waals surface area contributed by atoms with Crippen LogP contribution in [0.1, 0.15) is 42.4 Å². The summed E-state index contributed by atoms with van der Waals surface area (Å²) in [7, 11) is 0. The first-order valence-corrected chi connectivity index (χ1v) is 8.67. The standard InChI is InChI=1S/C19H20ClNO4/c1-3-9-24-17-14(20)10-12(11-16(17)23-4-2)19-21-18(22)13-7-5-6-8-15(13)25-19/h5-8,10-11,19H,3-4,9H2,1-2H3,(H,21,22)/t19-/m1/s1. The SMILES string of the molecule is CCCOc1c(Cl)cc([C@@H]2NC(=O)c3ccccc3O2)cc1OCC. The smallest absolute Gasteiger partial charge is 0.258 e. The van der Waals surface area contributed by atoms with E-state index in [0.29, 0.717) is 46.6 Å². The van der Waals surface area contributed by atoms with E-state index in [1.54, 1.807) is 30.3 Å². The van der Waals surface area contributed by atoms with Crippen molar-refractivity contribution in [3.8, 4) is 17.2 Å². The summed E-state index contributed by atoms with van der Waals surface area (Å²) in [6, 6.07) is 10.6. The second kappa shape index (κ2) is 7.66. The maximum absolute atomic E-state index is 12.3. The Morgan fingerprint density at radius 2 is 2.00 bits per heavy atom. The van der Waals surface area contributed by atoms with E-state index < -0.39 is 6.23 Å². The van der Waals surface area contributed by atoms with Crippen LogP contribution in [0.4, 0.5) is 0 Å². The lowest BCUT2D eigenvalue weighted by atomic mass is 10.1. The normalized spacial score (nSPS) is 15.8. The summed E-state index contributed by atoms with van der Waals surface area (Å²) in [6.07, 6.45) is 0.224. The van der Waals surface area contributed by atoms with Gasteiger partial charge in [-0.3, -0.25) is 4.79 Å². The molecule has 1 aliphatic heterocycles. The van der Waals surface area contributed by atoms with E-state index in [1.165, 1.54) is 0 Å². The van der Waals surface area contributed by atoms with Crippen molar-refractivity contribution in [2.45, 2.75) is 26.5 Å². The first kappa shape index (κ1) is 17.4. The molecular formula is C19H20ClNO4. The molecule has 0 radical (unpaired) electrons. The summed E-state index contributed by atoms with van der Waals surface area (Å²) in [5, 5.41) is 3.25. The fourth-order valence-electron chi connectivity index (χ4n) is 2.61. The number of fused-ring (bicyclic) bond motifs is 1. The molecule has 1 heterocycles. The monoisotopic (exact) mass is 361 g/mol. The topological polar surface area (TPSA) is 56.8 Å². The van der Waals surface area contributed by atoms with E-state index in [4.69, 9.17) is 25.8 Å². The summed E-state index contributed by atoms with van der Waals surface area (Å²) >= 11 is 6.39. The highest BCUT2D eigenvalue weighted by Crippen LogP contribution is 2.39. The number of hydrogen-bond donors (Lipinski definition) is 1. The highest BCUT2D eigenvalue weighted by atomic mass is 35.5. The Balaban J connectivity index is 1.94. The minimum Gasteiger partial charge on any atom is -0.490 e. The van der Waals surface area contributed by atoms with Gasteiger partial charge in [0.15, 0.2) is 17.7 Å². The molecule has 2 aromatic carbocycles. The number of hydrogen-bond acceptors (Lipinski definition) is 4. The van der Waals surface area contributed by atoms with Crippen molar-refractivity contribution < 1.29 is 19.0 Å². The van der Waals surface area contributed by atoms with E-state index in [1.807, 2.05) is 19.9 Å². The van der Waals surface area contributed by atoms with Crippen molar-refractivity contribution in [2.24, 2.45) is 0 Å². The first-order chi connectivity index (χ1) is 12.1. The van der Waals surface area contributed by atoms with E-state index >= 15 is 0 Å². The van der Waals surface area contributed by atoms with Gasteiger partial charge in [-0.25, -0.2) is 0 Å². The van der Waals surface area contributed by atoms with Crippen LogP contribution in [-0.4, -0.2) is 19.1 Å². The van der Waals surface area contributed by atoms with Gasteiger partial charge in [-0.1, -0.05) is 30.7 Å². The molecule has 0 saturated carbocycles. The minimum atomic E-state index is -0.640. The molecule has 5 nitrogen and oxygen atoms in total. The lowest BCUT2D eigenvalue weighted by Crippen LogP contribution is -2.36. The molecule has 0 saturated heterocycles. The van der Waals surface area contributed by atoms with Gasteiger partial charge >= 0.3 is 0 Å². The van der Waals surface area contributed by atoms with Gasteiger partial charge in [-0.15, -0.1) is 0 Å². The zero-order valence-corrected chi connectivity index (χ0v) is 14.9. The van der Waals surface area contributed by atoms with Crippen molar-refractivity contribution >= 4 is 17.5 Å². The summed E-state index contributed by atoms with van der Waals surface area (Å²) in [5.74, 6) is 1.40. The van der Waals surface area contributed by atoms with Crippen molar-refractivity contribution in [2.75, 3.05) is 13.2 Å². The maximum Gasteiger partial charge on any atom is 0.258 e. The Bertz CT molecular complexity index is 778. The van der Waals surface area contributed by atoms with Crippen molar-refractivity contribution in [1.82, 2.24) is 5.32 Å². The third-order valence-corrected chi connectivity index (χ3v) is 4.00. The Morgan fingerprint density at radius 1 is 1.20 bits per heavy atom. The van der Waals surface area contributed by atoms with Crippen LogP contribution in [0.5, 0.6) is 17.2 Å². The van der Waals surface area contributed by atoms with Crippen LogP contribution in [0.2, 0.25) is 5.02 Å². The summed E-state index contributed by atoms with van der Waals surface area (Å²) in [4.78, 5) is 12.3. The van der Waals surface area contributed by atoms with E-state index in [9.17, 15) is 4.79 Å². The Hall–Kier alpha value is -2.40. The molecule has 0 aliphatic carbocycles. The van der Waals surface area contributed by atoms with Crippen LogP contribution in [0.15, 0.2) is 36.4 Å². The number of amides is 1. The molecule has 0 aromatic heterocycles. The van der Waals surface area contributed by atoms with Crippen LogP contribution in [-0.2, 0) is 0 Å². The second-order valence-corrected chi connectivity index (χ2v) is 5.99. The van der Waals surface area contributed by atoms with Gasteiger partial charge in [0, 0.05) is 5.56 Å². The van der Waals surface area contributed by atoms with Crippen molar-refractivity contribution in [3.63, 3.8) is 0 Å². The third kappa shape index (κ3) is 3.66. The molecule has 3 rings (SSSR count). The molecule has 0 spiro atoms. The quantitative estimate of drug-likeness (QED) is 0.831. The Morgan fingerprint density at radius 3 is 2.76 bits per heavy atom. The summed E-state index contributed by atoms with van der Waals surface area (Å²) in [6.45, 7) is 4.93. The maximum atomic E-state index is 12.3. The summed E-state index contributed by atoms with van der Waals surface area (Å²) < 4.78 is 17.3. The predicted octanol–water partition coefficient (Wildman–Crippen LogP) is 4.35. The molecule has 6 heteroatoms. The average molecular weight is 362 g/mol. The number of carbonyl (C=O) groups excluding carboxylic acids is 1. The van der Waals surface area contributed by atoms with E-state index in [0.717, 1.165) is 6.42 Å². The molecule has 1 amide bonds. The molecule has 132 valence electrons. The second-order valence-electron chi connectivity index (χ2n) is 5.58. The zero-order valence-electron chi connectivity index (χ0n) is 14.2. The first-order valence-electron chi connectivity index (χ1n) is 8.29. The van der Waals surface area contributed by atoms with Crippen LogP contribution < -0.4 is 19.5 Å². The highest BCUT2D eigenvalue weighted by molar-refractivity contribution is 6.32. The fraction of sp³-hybridized carbons (Fsp3) is 0.316. The number of ether oxygens (including phenoxy) is 3. The highest BCUT2D eigenvalue weighted by Gasteiger charge is 2.28. The van der Waals surface area contributed by atoms with E-state index in [-0.39, 0.29) is 5.91 Å². The van der Waals surface area contributed by atoms with Gasteiger partial charge in [-0.2, -0.15) is 0 Å². The lowest BCUT2D eigenvalue weighted by Gasteiger charge is -2.27. The summed E-state index contributed by atoms with van der Waals surface area (Å²) in [5.41, 5.74) is 1.21. The van der Waals surface area contributed by atoms with Gasteiger partial charge in [0.2, 0.25) is 0 Å². The number of nitrogens with one attached hydrogen (secondary N) is 1. The molecule has 25 heavy (non-hydrogen) atoms. The lowest BCUT2D eigenvalue weighted by molar-refractivity contribution is 0.0755. The van der Waals surface area contributed by atoms with Crippen molar-refractivity contribution in [3.05, 3.63) is 52.5 Å².